The number of amides is 1. The minimum Gasteiger partial charge on any atom is -0.497 e. The highest BCUT2D eigenvalue weighted by molar-refractivity contribution is 6.21. The lowest BCUT2D eigenvalue weighted by Gasteiger charge is -2.33. The summed E-state index contributed by atoms with van der Waals surface area (Å²) in [4.78, 5) is 14.8. The number of likely N-dealkylation sites (tertiary alicyclic amines) is 1. The van der Waals surface area contributed by atoms with Crippen molar-refractivity contribution in [3.05, 3.63) is 29.8 Å². The van der Waals surface area contributed by atoms with Crippen molar-refractivity contribution in [3.63, 3.8) is 0 Å². The van der Waals surface area contributed by atoms with E-state index in [0.717, 1.165) is 18.4 Å². The fraction of sp³-hybridized carbons (Fsp3) is 0.500. The molecule has 1 N–H and O–H groups in total. The van der Waals surface area contributed by atoms with Crippen molar-refractivity contribution in [2.45, 2.75) is 38.3 Å². The van der Waals surface area contributed by atoms with Crippen molar-refractivity contribution in [1.82, 2.24) is 4.90 Å². The molecule has 0 aliphatic carbocycles. The van der Waals surface area contributed by atoms with Gasteiger partial charge >= 0.3 is 0 Å². The van der Waals surface area contributed by atoms with Gasteiger partial charge in [0.15, 0.2) is 0 Å². The van der Waals surface area contributed by atoms with Crippen LogP contribution in [0.3, 0.4) is 0 Å². The van der Waals surface area contributed by atoms with Gasteiger partial charge in [-0.3, -0.25) is 4.79 Å². The maximum Gasteiger partial charge on any atom is 0.254 e. The lowest BCUT2D eigenvalue weighted by Crippen LogP contribution is -2.40. The number of aliphatic hydroxyl groups excluding tert-OH is 1. The number of carbonyl (C=O) groups is 1. The molecule has 1 aromatic carbocycles. The van der Waals surface area contributed by atoms with E-state index in [-0.39, 0.29) is 18.6 Å². The van der Waals surface area contributed by atoms with Gasteiger partial charge in [0.2, 0.25) is 0 Å². The van der Waals surface area contributed by atoms with Gasteiger partial charge in [-0.25, -0.2) is 0 Å². The largest absolute Gasteiger partial charge is 0.497 e. The topological polar surface area (TPSA) is 59.0 Å². The zero-order valence-electron chi connectivity index (χ0n) is 13.8. The summed E-state index contributed by atoms with van der Waals surface area (Å²) in [5.41, 5.74) is 0.844. The number of aliphatic hydroxyl groups is 1. The zero-order chi connectivity index (χ0) is 16.6. The van der Waals surface area contributed by atoms with E-state index < -0.39 is 5.60 Å². The van der Waals surface area contributed by atoms with Crippen LogP contribution >= 0.6 is 0 Å². The first-order chi connectivity index (χ1) is 10.9. The molecular weight excluding hydrogens is 294 g/mol. The maximum absolute atomic E-state index is 13.0. The molecule has 0 aromatic heterocycles. The third-order valence-electron chi connectivity index (χ3n) is 4.42. The van der Waals surface area contributed by atoms with Crippen LogP contribution in [0.2, 0.25) is 0 Å². The molecule has 1 saturated heterocycles. The summed E-state index contributed by atoms with van der Waals surface area (Å²) in [6.45, 7) is 4.55. The second-order valence-corrected chi connectivity index (χ2v) is 6.60. The Morgan fingerprint density at radius 1 is 1.48 bits per heavy atom. The first kappa shape index (κ1) is 15.9. The van der Waals surface area contributed by atoms with Gasteiger partial charge in [0, 0.05) is 18.2 Å². The quantitative estimate of drug-likeness (QED) is 0.929. The molecule has 3 rings (SSSR count). The third-order valence-corrected chi connectivity index (χ3v) is 4.42. The van der Waals surface area contributed by atoms with E-state index in [2.05, 4.69) is 0 Å². The SMILES string of the molecule is COc1ccc2c(c1)OC(C)(C)C=C2C(=O)N1CCC[C@H]1CO. The Labute approximate surface area is 136 Å². The molecule has 1 amide bonds. The van der Waals surface area contributed by atoms with Gasteiger partial charge in [0.05, 0.1) is 25.3 Å². The fourth-order valence-electron chi connectivity index (χ4n) is 3.30. The number of benzene rings is 1. The van der Waals surface area contributed by atoms with Crippen LogP contribution in [0.1, 0.15) is 32.3 Å². The first-order valence-electron chi connectivity index (χ1n) is 7.97. The third kappa shape index (κ3) is 2.93. The summed E-state index contributed by atoms with van der Waals surface area (Å²) in [6, 6.07) is 5.41. The number of ether oxygens (including phenoxy) is 2. The van der Waals surface area contributed by atoms with Crippen LogP contribution in [0, 0.1) is 0 Å². The number of fused-ring (bicyclic) bond motifs is 1. The van der Waals surface area contributed by atoms with Crippen LogP contribution < -0.4 is 9.47 Å². The Hall–Kier alpha value is -2.01. The number of methoxy groups -OCH3 is 1. The highest BCUT2D eigenvalue weighted by Gasteiger charge is 2.35. The lowest BCUT2D eigenvalue weighted by molar-refractivity contribution is -0.126. The van der Waals surface area contributed by atoms with E-state index in [9.17, 15) is 9.90 Å². The first-order valence-corrected chi connectivity index (χ1v) is 7.97. The molecule has 2 aliphatic heterocycles. The summed E-state index contributed by atoms with van der Waals surface area (Å²) in [5.74, 6) is 1.31. The van der Waals surface area contributed by atoms with Crippen LogP contribution in [-0.4, -0.2) is 47.8 Å². The number of rotatable bonds is 3. The summed E-state index contributed by atoms with van der Waals surface area (Å²) in [5, 5.41) is 9.50. The molecule has 0 bridgehead atoms. The summed E-state index contributed by atoms with van der Waals surface area (Å²) in [6.07, 6.45) is 3.65. The van der Waals surface area contributed by atoms with Crippen molar-refractivity contribution in [1.29, 1.82) is 0 Å². The smallest absolute Gasteiger partial charge is 0.254 e. The molecule has 0 spiro atoms. The normalized spacial score (nSPS) is 22.2. The molecule has 23 heavy (non-hydrogen) atoms. The van der Waals surface area contributed by atoms with Gasteiger partial charge < -0.3 is 19.5 Å². The van der Waals surface area contributed by atoms with Crippen molar-refractivity contribution in [2.24, 2.45) is 0 Å². The fourth-order valence-corrected chi connectivity index (χ4v) is 3.30. The molecule has 1 fully saturated rings. The van der Waals surface area contributed by atoms with E-state index in [4.69, 9.17) is 9.47 Å². The van der Waals surface area contributed by atoms with Gasteiger partial charge in [-0.05, 0) is 44.9 Å². The van der Waals surface area contributed by atoms with Crippen molar-refractivity contribution >= 4 is 11.5 Å². The molecule has 1 atom stereocenters. The molecule has 0 unspecified atom stereocenters. The average molecular weight is 317 g/mol. The van der Waals surface area contributed by atoms with E-state index in [0.29, 0.717) is 23.6 Å². The van der Waals surface area contributed by atoms with Gasteiger partial charge in [-0.2, -0.15) is 0 Å². The van der Waals surface area contributed by atoms with Gasteiger partial charge in [-0.1, -0.05) is 0 Å². The zero-order valence-corrected chi connectivity index (χ0v) is 13.8. The second kappa shape index (κ2) is 5.89. The number of hydrogen-bond donors (Lipinski definition) is 1. The highest BCUT2D eigenvalue weighted by atomic mass is 16.5. The predicted octanol–water partition coefficient (Wildman–Crippen LogP) is 2.23. The Kier molecular flexibility index (Phi) is 4.06. The molecular formula is C18H23NO4. The highest BCUT2D eigenvalue weighted by Crippen LogP contribution is 2.39. The molecule has 0 saturated carbocycles. The van der Waals surface area contributed by atoms with Crippen molar-refractivity contribution < 1.29 is 19.4 Å². The summed E-state index contributed by atoms with van der Waals surface area (Å²) in [7, 11) is 1.60. The van der Waals surface area contributed by atoms with Gasteiger partial charge in [0.1, 0.15) is 17.1 Å². The summed E-state index contributed by atoms with van der Waals surface area (Å²) < 4.78 is 11.2. The van der Waals surface area contributed by atoms with Crippen molar-refractivity contribution in [3.8, 4) is 11.5 Å². The molecule has 2 heterocycles. The predicted molar refractivity (Wildman–Crippen MR) is 87.5 cm³/mol. The van der Waals surface area contributed by atoms with Crippen LogP contribution in [0.4, 0.5) is 0 Å². The van der Waals surface area contributed by atoms with Gasteiger partial charge in [0.25, 0.3) is 5.91 Å². The summed E-state index contributed by atoms with van der Waals surface area (Å²) >= 11 is 0. The Morgan fingerprint density at radius 3 is 2.96 bits per heavy atom. The van der Waals surface area contributed by atoms with E-state index >= 15 is 0 Å². The standard InChI is InChI=1S/C18H23NO4/c1-18(2)10-15(17(21)19-8-4-5-12(19)11-20)14-7-6-13(22-3)9-16(14)23-18/h6-7,9-10,12,20H,4-5,8,11H2,1-3H3/t12-/m0/s1. The van der Waals surface area contributed by atoms with Crippen LogP contribution in [-0.2, 0) is 4.79 Å². The van der Waals surface area contributed by atoms with E-state index in [1.807, 2.05) is 38.1 Å². The minimum absolute atomic E-state index is 0.00832. The number of nitrogens with zero attached hydrogens (tertiary/aromatic N) is 1. The molecule has 5 nitrogen and oxygen atoms in total. The number of hydrogen-bond acceptors (Lipinski definition) is 4. The maximum atomic E-state index is 13.0. The molecule has 1 aromatic rings. The second-order valence-electron chi connectivity index (χ2n) is 6.60. The molecule has 124 valence electrons. The molecule has 2 aliphatic rings. The van der Waals surface area contributed by atoms with Crippen molar-refractivity contribution in [2.75, 3.05) is 20.3 Å². The average Bonchev–Trinajstić information content (AvgIpc) is 3.00. The molecule has 0 radical (unpaired) electrons. The van der Waals surface area contributed by atoms with E-state index in [1.165, 1.54) is 0 Å². The monoisotopic (exact) mass is 317 g/mol. The Morgan fingerprint density at radius 2 is 2.26 bits per heavy atom. The van der Waals surface area contributed by atoms with Crippen LogP contribution in [0.5, 0.6) is 11.5 Å². The minimum atomic E-state index is -0.571. The van der Waals surface area contributed by atoms with Crippen LogP contribution in [0.25, 0.3) is 5.57 Å². The van der Waals surface area contributed by atoms with Crippen LogP contribution in [0.15, 0.2) is 24.3 Å². The lowest BCUT2D eigenvalue weighted by atomic mass is 9.93. The van der Waals surface area contributed by atoms with E-state index in [1.54, 1.807) is 12.0 Å². The molecule has 5 heteroatoms. The Bertz CT molecular complexity index is 650. The van der Waals surface area contributed by atoms with Gasteiger partial charge in [-0.15, -0.1) is 0 Å². The Balaban J connectivity index is 2.00. The number of carbonyl (C=O) groups excluding carboxylic acids is 1.